The molecule has 0 radical (unpaired) electrons. The Bertz CT molecular complexity index is 573. The van der Waals surface area contributed by atoms with Gasteiger partial charge in [0.2, 0.25) is 5.43 Å². The molecule has 0 atom stereocenters. The van der Waals surface area contributed by atoms with Gasteiger partial charge >= 0.3 is 0 Å². The van der Waals surface area contributed by atoms with Crippen molar-refractivity contribution in [1.82, 2.24) is 4.57 Å². The van der Waals surface area contributed by atoms with E-state index in [4.69, 9.17) is 23.2 Å². The van der Waals surface area contributed by atoms with Crippen LogP contribution in [0.3, 0.4) is 0 Å². The van der Waals surface area contributed by atoms with Gasteiger partial charge in [-0.1, -0.05) is 23.2 Å². The highest BCUT2D eigenvalue weighted by Gasteiger charge is 2.02. The molecule has 0 aliphatic rings. The highest BCUT2D eigenvalue weighted by molar-refractivity contribution is 6.34. The number of nitrogens with zero attached hydrogens (tertiary/aromatic N) is 1. The van der Waals surface area contributed by atoms with Crippen molar-refractivity contribution in [2.45, 2.75) is 0 Å². The fourth-order valence-corrected chi connectivity index (χ4v) is 1.84. The molecule has 2 rings (SSSR count). The monoisotopic (exact) mass is 255 g/mol. The maximum absolute atomic E-state index is 11.0. The molecule has 16 heavy (non-hydrogen) atoms. The molecule has 0 spiro atoms. The summed E-state index contributed by atoms with van der Waals surface area (Å²) in [6.45, 7) is 0. The Kier molecular flexibility index (Phi) is 2.90. The molecule has 2 aromatic rings. The lowest BCUT2D eigenvalue weighted by Crippen LogP contribution is -2.03. The average Bonchev–Trinajstić information content (AvgIpc) is 2.20. The lowest BCUT2D eigenvalue weighted by molar-refractivity contribution is 0.465. The van der Waals surface area contributed by atoms with Gasteiger partial charge in [-0.05, 0) is 18.2 Å². The summed E-state index contributed by atoms with van der Waals surface area (Å²) >= 11 is 11.7. The minimum absolute atomic E-state index is 0.321. The molecule has 1 N–H and O–H groups in total. The van der Waals surface area contributed by atoms with Crippen LogP contribution in [0.5, 0.6) is 5.75 Å². The van der Waals surface area contributed by atoms with Crippen molar-refractivity contribution in [3.8, 4) is 11.4 Å². The maximum Gasteiger partial charge on any atom is 0.223 e. The molecule has 82 valence electrons. The molecule has 0 aliphatic carbocycles. The summed E-state index contributed by atoms with van der Waals surface area (Å²) in [4.78, 5) is 11.0. The van der Waals surface area contributed by atoms with Gasteiger partial charge in [-0.15, -0.1) is 0 Å². The second-order valence-electron chi connectivity index (χ2n) is 3.23. The Morgan fingerprint density at radius 3 is 2.31 bits per heavy atom. The van der Waals surface area contributed by atoms with Gasteiger partial charge in [-0.25, -0.2) is 0 Å². The van der Waals surface area contributed by atoms with Crippen LogP contribution in [-0.4, -0.2) is 9.67 Å². The van der Waals surface area contributed by atoms with Crippen LogP contribution in [0.4, 0.5) is 0 Å². The number of aromatic nitrogens is 1. The highest BCUT2D eigenvalue weighted by atomic mass is 35.5. The van der Waals surface area contributed by atoms with Crippen molar-refractivity contribution in [3.63, 3.8) is 0 Å². The second-order valence-corrected chi connectivity index (χ2v) is 4.10. The lowest BCUT2D eigenvalue weighted by Gasteiger charge is -2.07. The van der Waals surface area contributed by atoms with Crippen LogP contribution < -0.4 is 5.43 Å². The zero-order valence-corrected chi connectivity index (χ0v) is 9.53. The van der Waals surface area contributed by atoms with Crippen LogP contribution >= 0.6 is 23.2 Å². The van der Waals surface area contributed by atoms with Crippen molar-refractivity contribution in [3.05, 3.63) is 56.9 Å². The molecular weight excluding hydrogens is 249 g/mol. The number of pyridine rings is 1. The normalized spacial score (nSPS) is 10.4. The summed E-state index contributed by atoms with van der Waals surface area (Å²) in [5.74, 6) is -0.321. The third kappa shape index (κ3) is 2.21. The molecule has 0 saturated carbocycles. The van der Waals surface area contributed by atoms with E-state index in [1.165, 1.54) is 18.5 Å². The highest BCUT2D eigenvalue weighted by Crippen LogP contribution is 2.21. The summed E-state index contributed by atoms with van der Waals surface area (Å²) in [5.41, 5.74) is 0.247. The molecule has 1 aromatic carbocycles. The predicted molar refractivity (Wildman–Crippen MR) is 63.7 cm³/mol. The molecule has 1 heterocycles. The first-order valence-electron chi connectivity index (χ1n) is 4.44. The zero-order chi connectivity index (χ0) is 11.7. The van der Waals surface area contributed by atoms with Crippen LogP contribution in [-0.2, 0) is 0 Å². The van der Waals surface area contributed by atoms with Crippen LogP contribution in [0, 0.1) is 0 Å². The molecule has 0 unspecified atom stereocenters. The van der Waals surface area contributed by atoms with Crippen LogP contribution in [0.2, 0.25) is 10.0 Å². The van der Waals surface area contributed by atoms with Gasteiger partial charge < -0.3 is 9.67 Å². The summed E-state index contributed by atoms with van der Waals surface area (Å²) in [5, 5.41) is 10.3. The standard InChI is InChI=1S/C11H7Cl2NO2/c12-7-3-8(13)5-9(4-7)14-2-1-10(15)11(16)6-14/h1-6,16H. The Balaban J connectivity index is 2.58. The molecule has 0 saturated heterocycles. The van der Waals surface area contributed by atoms with Gasteiger partial charge in [0, 0.05) is 28.0 Å². The first kappa shape index (κ1) is 11.0. The van der Waals surface area contributed by atoms with E-state index in [1.807, 2.05) is 0 Å². The molecule has 0 aliphatic heterocycles. The number of hydrogen-bond donors (Lipinski definition) is 1. The van der Waals surface area contributed by atoms with Crippen molar-refractivity contribution in [2.75, 3.05) is 0 Å². The van der Waals surface area contributed by atoms with Gasteiger partial charge in [0.25, 0.3) is 0 Å². The van der Waals surface area contributed by atoms with Gasteiger partial charge in [0.1, 0.15) is 0 Å². The Morgan fingerprint density at radius 2 is 1.75 bits per heavy atom. The molecular formula is C11H7Cl2NO2. The summed E-state index contributed by atoms with van der Waals surface area (Å²) < 4.78 is 1.56. The van der Waals surface area contributed by atoms with E-state index in [0.29, 0.717) is 15.7 Å². The molecule has 3 nitrogen and oxygen atoms in total. The van der Waals surface area contributed by atoms with Crippen molar-refractivity contribution < 1.29 is 5.11 Å². The second kappa shape index (κ2) is 4.20. The Hall–Kier alpha value is -1.45. The lowest BCUT2D eigenvalue weighted by atomic mass is 10.3. The number of halogens is 2. The Labute approximate surface area is 101 Å². The number of hydrogen-bond acceptors (Lipinski definition) is 2. The molecule has 0 fully saturated rings. The Morgan fingerprint density at radius 1 is 1.12 bits per heavy atom. The first-order valence-corrected chi connectivity index (χ1v) is 5.19. The van der Waals surface area contributed by atoms with E-state index in [9.17, 15) is 9.90 Å². The minimum Gasteiger partial charge on any atom is -0.503 e. The SMILES string of the molecule is O=c1ccn(-c2cc(Cl)cc(Cl)c2)cc1O. The average molecular weight is 256 g/mol. The van der Waals surface area contributed by atoms with E-state index in [0.717, 1.165) is 0 Å². The van der Waals surface area contributed by atoms with E-state index >= 15 is 0 Å². The van der Waals surface area contributed by atoms with Crippen LogP contribution in [0.15, 0.2) is 41.5 Å². The van der Waals surface area contributed by atoms with Gasteiger partial charge in [0.15, 0.2) is 5.75 Å². The molecule has 1 aromatic heterocycles. The smallest absolute Gasteiger partial charge is 0.223 e. The maximum atomic E-state index is 11.0. The van der Waals surface area contributed by atoms with E-state index in [1.54, 1.807) is 22.8 Å². The molecule has 0 amide bonds. The summed E-state index contributed by atoms with van der Waals surface area (Å²) in [6.07, 6.45) is 2.84. The quantitative estimate of drug-likeness (QED) is 0.852. The van der Waals surface area contributed by atoms with Crippen molar-refractivity contribution in [2.24, 2.45) is 0 Å². The summed E-state index contributed by atoms with van der Waals surface area (Å²) in [6, 6.07) is 6.23. The number of rotatable bonds is 1. The largest absolute Gasteiger partial charge is 0.503 e. The van der Waals surface area contributed by atoms with Crippen molar-refractivity contribution in [1.29, 1.82) is 0 Å². The van der Waals surface area contributed by atoms with Crippen LogP contribution in [0.1, 0.15) is 0 Å². The minimum atomic E-state index is -0.427. The van der Waals surface area contributed by atoms with E-state index < -0.39 is 5.43 Å². The van der Waals surface area contributed by atoms with E-state index in [2.05, 4.69) is 0 Å². The zero-order valence-electron chi connectivity index (χ0n) is 8.02. The fourth-order valence-electron chi connectivity index (χ4n) is 1.32. The van der Waals surface area contributed by atoms with Crippen molar-refractivity contribution >= 4 is 23.2 Å². The van der Waals surface area contributed by atoms with Gasteiger partial charge in [-0.2, -0.15) is 0 Å². The molecule has 5 heteroatoms. The van der Waals surface area contributed by atoms with Gasteiger partial charge in [0.05, 0.1) is 6.20 Å². The van der Waals surface area contributed by atoms with Crippen LogP contribution in [0.25, 0.3) is 5.69 Å². The van der Waals surface area contributed by atoms with E-state index in [-0.39, 0.29) is 5.75 Å². The van der Waals surface area contributed by atoms with Gasteiger partial charge in [-0.3, -0.25) is 4.79 Å². The summed E-state index contributed by atoms with van der Waals surface area (Å²) in [7, 11) is 0. The third-order valence-electron chi connectivity index (χ3n) is 2.05. The topological polar surface area (TPSA) is 42.2 Å². The first-order chi connectivity index (χ1) is 7.56. The predicted octanol–water partition coefficient (Wildman–Crippen LogP) is 2.85. The number of benzene rings is 1. The number of aromatic hydroxyl groups is 1. The third-order valence-corrected chi connectivity index (χ3v) is 2.48. The molecule has 0 bridgehead atoms. The fraction of sp³-hybridized carbons (Fsp3) is 0.